The summed E-state index contributed by atoms with van der Waals surface area (Å²) in [5.74, 6) is 0.0776. The van der Waals surface area contributed by atoms with Gasteiger partial charge >= 0.3 is 0 Å². The number of hydrogen-bond acceptors (Lipinski definition) is 1. The maximum Gasteiger partial charge on any atom is 0.152 e. The van der Waals surface area contributed by atoms with Gasteiger partial charge < -0.3 is 0 Å². The van der Waals surface area contributed by atoms with E-state index in [0.717, 1.165) is 5.56 Å². The van der Waals surface area contributed by atoms with Crippen LogP contribution in [-0.4, -0.2) is 5.78 Å². The van der Waals surface area contributed by atoms with Crippen molar-refractivity contribution in [2.45, 2.75) is 34.6 Å². The lowest BCUT2D eigenvalue weighted by atomic mass is 10.2. The zero-order valence-corrected chi connectivity index (χ0v) is 10.4. The monoisotopic (exact) mass is 206 g/mol. The van der Waals surface area contributed by atoms with E-state index in [1.54, 1.807) is 13.0 Å². The molecular weight excluding hydrogens is 184 g/mol. The Bertz CT molecular complexity index is 260. The predicted molar refractivity (Wildman–Crippen MR) is 68.9 cm³/mol. The summed E-state index contributed by atoms with van der Waals surface area (Å²) < 4.78 is 0. The van der Waals surface area contributed by atoms with Crippen molar-refractivity contribution in [3.63, 3.8) is 0 Å². The summed E-state index contributed by atoms with van der Waals surface area (Å²) in [6.07, 6.45) is 3.37. The van der Waals surface area contributed by atoms with Crippen LogP contribution in [0.3, 0.4) is 0 Å². The van der Waals surface area contributed by atoms with Crippen LogP contribution < -0.4 is 0 Å². The van der Waals surface area contributed by atoms with E-state index in [-0.39, 0.29) is 5.78 Å². The highest BCUT2D eigenvalue weighted by Crippen LogP contribution is 2.00. The fraction of sp³-hybridized carbons (Fsp3) is 0.357. The lowest BCUT2D eigenvalue weighted by Gasteiger charge is -1.88. The van der Waals surface area contributed by atoms with Crippen LogP contribution in [0.4, 0.5) is 0 Å². The molecule has 0 bridgehead atoms. The molecule has 0 spiro atoms. The molecule has 0 aliphatic heterocycles. The molecule has 1 nitrogen and oxygen atoms in total. The summed E-state index contributed by atoms with van der Waals surface area (Å²) in [4.78, 5) is 10.5. The Balaban J connectivity index is 0. The lowest BCUT2D eigenvalue weighted by molar-refractivity contribution is -0.112. The molecule has 0 saturated heterocycles. The van der Waals surface area contributed by atoms with Crippen molar-refractivity contribution in [2.75, 3.05) is 0 Å². The number of ketones is 1. The molecule has 1 aromatic rings. The van der Waals surface area contributed by atoms with Crippen molar-refractivity contribution >= 4 is 11.9 Å². The van der Waals surface area contributed by atoms with Crippen molar-refractivity contribution in [1.82, 2.24) is 0 Å². The molecule has 0 atom stereocenters. The molecule has 0 amide bonds. The second-order valence-electron chi connectivity index (χ2n) is 2.35. The van der Waals surface area contributed by atoms with E-state index in [1.165, 1.54) is 0 Å². The van der Waals surface area contributed by atoms with Gasteiger partial charge in [-0.3, -0.25) is 4.79 Å². The number of rotatable bonds is 2. The van der Waals surface area contributed by atoms with E-state index in [0.29, 0.717) is 0 Å². The summed E-state index contributed by atoms with van der Waals surface area (Å²) in [6.45, 7) is 9.54. The first kappa shape index (κ1) is 16.1. The Kier molecular flexibility index (Phi) is 13.5. The van der Waals surface area contributed by atoms with Gasteiger partial charge in [0.25, 0.3) is 0 Å². The van der Waals surface area contributed by atoms with Crippen LogP contribution >= 0.6 is 0 Å². The quantitative estimate of drug-likeness (QED) is 0.658. The molecular formula is C14H22O. The van der Waals surface area contributed by atoms with Gasteiger partial charge in [0.2, 0.25) is 0 Å². The maximum atomic E-state index is 10.5. The van der Waals surface area contributed by atoms with E-state index in [4.69, 9.17) is 0 Å². The van der Waals surface area contributed by atoms with Crippen LogP contribution in [0, 0.1) is 0 Å². The zero-order valence-electron chi connectivity index (χ0n) is 10.4. The zero-order chi connectivity index (χ0) is 12.1. The standard InChI is InChI=1S/C10H10O.2C2H6/c1-9(11)7-8-10-5-3-2-4-6-10;2*1-2/h2-8H,1H3;2*1-2H3/b8-7+;;. The molecule has 1 heteroatoms. The van der Waals surface area contributed by atoms with Crippen LogP contribution in [0.2, 0.25) is 0 Å². The van der Waals surface area contributed by atoms with E-state index >= 15 is 0 Å². The molecule has 0 N–H and O–H groups in total. The van der Waals surface area contributed by atoms with E-state index in [2.05, 4.69) is 0 Å². The minimum atomic E-state index is 0.0776. The minimum absolute atomic E-state index is 0.0776. The van der Waals surface area contributed by atoms with Crippen molar-refractivity contribution in [2.24, 2.45) is 0 Å². The third-order valence-corrected chi connectivity index (χ3v) is 1.31. The van der Waals surface area contributed by atoms with E-state index < -0.39 is 0 Å². The predicted octanol–water partition coefficient (Wildman–Crippen LogP) is 4.34. The number of benzene rings is 1. The molecule has 0 aliphatic rings. The third-order valence-electron chi connectivity index (χ3n) is 1.31. The Morgan fingerprint density at radius 2 is 1.47 bits per heavy atom. The smallest absolute Gasteiger partial charge is 0.152 e. The van der Waals surface area contributed by atoms with Crippen molar-refractivity contribution < 1.29 is 4.79 Å². The number of allylic oxidation sites excluding steroid dienone is 1. The second-order valence-corrected chi connectivity index (χ2v) is 2.35. The molecule has 84 valence electrons. The largest absolute Gasteiger partial charge is 0.295 e. The third kappa shape index (κ3) is 10.6. The van der Waals surface area contributed by atoms with E-state index in [1.807, 2.05) is 64.1 Å². The maximum absolute atomic E-state index is 10.5. The number of carbonyl (C=O) groups excluding carboxylic acids is 1. The Morgan fingerprint density at radius 3 is 1.87 bits per heavy atom. The van der Waals surface area contributed by atoms with Crippen molar-refractivity contribution in [3.8, 4) is 0 Å². The van der Waals surface area contributed by atoms with Crippen LogP contribution in [0.25, 0.3) is 6.08 Å². The van der Waals surface area contributed by atoms with Gasteiger partial charge in [0.15, 0.2) is 5.78 Å². The lowest BCUT2D eigenvalue weighted by Crippen LogP contribution is -1.79. The Hall–Kier alpha value is -1.37. The first-order valence-corrected chi connectivity index (χ1v) is 5.53. The number of carbonyl (C=O) groups is 1. The summed E-state index contributed by atoms with van der Waals surface area (Å²) in [6, 6.07) is 9.75. The minimum Gasteiger partial charge on any atom is -0.295 e. The first-order valence-electron chi connectivity index (χ1n) is 5.53. The normalized spacial score (nSPS) is 8.33. The summed E-state index contributed by atoms with van der Waals surface area (Å²) in [5, 5.41) is 0. The summed E-state index contributed by atoms with van der Waals surface area (Å²) in [7, 11) is 0. The highest BCUT2D eigenvalue weighted by Gasteiger charge is 1.83. The molecule has 1 aromatic carbocycles. The average Bonchev–Trinajstić information content (AvgIpc) is 2.33. The van der Waals surface area contributed by atoms with Gasteiger partial charge in [0.05, 0.1) is 0 Å². The molecule has 1 rings (SSSR count). The van der Waals surface area contributed by atoms with Gasteiger partial charge in [-0.1, -0.05) is 64.1 Å². The van der Waals surface area contributed by atoms with Crippen LogP contribution in [0.5, 0.6) is 0 Å². The molecule has 0 fully saturated rings. The fourth-order valence-electron chi connectivity index (χ4n) is 0.778. The average molecular weight is 206 g/mol. The molecule has 0 radical (unpaired) electrons. The Morgan fingerprint density at radius 1 is 1.00 bits per heavy atom. The number of hydrogen-bond donors (Lipinski definition) is 0. The molecule has 0 aliphatic carbocycles. The van der Waals surface area contributed by atoms with Crippen molar-refractivity contribution in [3.05, 3.63) is 42.0 Å². The molecule has 0 heterocycles. The molecule has 0 aromatic heterocycles. The summed E-state index contributed by atoms with van der Waals surface area (Å²) >= 11 is 0. The molecule has 15 heavy (non-hydrogen) atoms. The highest BCUT2D eigenvalue weighted by atomic mass is 16.1. The van der Waals surface area contributed by atoms with E-state index in [9.17, 15) is 4.79 Å². The van der Waals surface area contributed by atoms with Gasteiger partial charge in [-0.05, 0) is 18.6 Å². The van der Waals surface area contributed by atoms with Gasteiger partial charge in [-0.25, -0.2) is 0 Å². The SMILES string of the molecule is CC.CC.CC(=O)/C=C/c1ccccc1. The van der Waals surface area contributed by atoms with Crippen molar-refractivity contribution in [1.29, 1.82) is 0 Å². The van der Waals surface area contributed by atoms with Crippen LogP contribution in [0.15, 0.2) is 36.4 Å². The summed E-state index contributed by atoms with van der Waals surface area (Å²) in [5.41, 5.74) is 1.06. The first-order chi connectivity index (χ1) is 7.29. The molecule has 0 unspecified atom stereocenters. The second kappa shape index (κ2) is 12.6. The van der Waals surface area contributed by atoms with Gasteiger partial charge in [-0.2, -0.15) is 0 Å². The van der Waals surface area contributed by atoms with Crippen LogP contribution in [-0.2, 0) is 4.79 Å². The molecule has 0 saturated carbocycles. The Labute approximate surface area is 93.8 Å². The fourth-order valence-corrected chi connectivity index (χ4v) is 0.778. The van der Waals surface area contributed by atoms with Gasteiger partial charge in [-0.15, -0.1) is 0 Å². The van der Waals surface area contributed by atoms with Gasteiger partial charge in [0.1, 0.15) is 0 Å². The topological polar surface area (TPSA) is 17.1 Å². The van der Waals surface area contributed by atoms with Gasteiger partial charge in [0, 0.05) is 0 Å². The van der Waals surface area contributed by atoms with Crippen LogP contribution in [0.1, 0.15) is 40.2 Å². The highest BCUT2D eigenvalue weighted by molar-refractivity contribution is 5.91.